The van der Waals surface area contributed by atoms with Gasteiger partial charge in [0.2, 0.25) is 0 Å². The van der Waals surface area contributed by atoms with Crippen LogP contribution in [0, 0.1) is 5.82 Å². The highest BCUT2D eigenvalue weighted by Crippen LogP contribution is 2.30. The van der Waals surface area contributed by atoms with Gasteiger partial charge in [-0.15, -0.1) is 0 Å². The smallest absolute Gasteiger partial charge is 0.251 e. The van der Waals surface area contributed by atoms with Crippen LogP contribution in [-0.4, -0.2) is 39.1 Å². The highest BCUT2D eigenvalue weighted by atomic mass is 35.5. The van der Waals surface area contributed by atoms with Crippen LogP contribution in [0.1, 0.15) is 5.56 Å². The second-order valence-electron chi connectivity index (χ2n) is 7.49. The highest BCUT2D eigenvalue weighted by molar-refractivity contribution is 7.99. The van der Waals surface area contributed by atoms with Crippen LogP contribution in [0.4, 0.5) is 10.1 Å². The molecule has 4 heterocycles. The third-order valence-corrected chi connectivity index (χ3v) is 6.81. The zero-order valence-corrected chi connectivity index (χ0v) is 18.2. The van der Waals surface area contributed by atoms with E-state index in [1.807, 2.05) is 30.2 Å². The van der Waals surface area contributed by atoms with Crippen molar-refractivity contribution in [3.8, 4) is 11.1 Å². The van der Waals surface area contributed by atoms with Crippen LogP contribution in [0.3, 0.4) is 0 Å². The van der Waals surface area contributed by atoms with Gasteiger partial charge in [-0.3, -0.25) is 4.79 Å². The summed E-state index contributed by atoms with van der Waals surface area (Å²) >= 11 is 7.83. The first-order valence-electron chi connectivity index (χ1n) is 10.0. The van der Waals surface area contributed by atoms with Crippen molar-refractivity contribution in [3.63, 3.8) is 0 Å². The number of hydrogen-bond donors (Lipinski definition) is 1. The molecule has 1 aliphatic heterocycles. The minimum atomic E-state index is -0.494. The first-order valence-corrected chi connectivity index (χ1v) is 11.6. The lowest BCUT2D eigenvalue weighted by atomic mass is 10.1. The molecule has 0 saturated carbocycles. The van der Waals surface area contributed by atoms with Gasteiger partial charge >= 0.3 is 0 Å². The van der Waals surface area contributed by atoms with E-state index >= 15 is 0 Å². The summed E-state index contributed by atoms with van der Waals surface area (Å²) < 4.78 is 15.7. The maximum Gasteiger partial charge on any atom is 0.251 e. The molecule has 0 aliphatic carbocycles. The van der Waals surface area contributed by atoms with Crippen molar-refractivity contribution in [1.29, 1.82) is 0 Å². The highest BCUT2D eigenvalue weighted by Gasteiger charge is 2.15. The predicted molar refractivity (Wildman–Crippen MR) is 126 cm³/mol. The Morgan fingerprint density at radius 2 is 2.03 bits per heavy atom. The number of halogens is 2. The Kier molecular flexibility index (Phi) is 5.46. The lowest BCUT2D eigenvalue weighted by Crippen LogP contribution is -2.32. The number of nitrogens with zero attached hydrogens (tertiary/aromatic N) is 3. The van der Waals surface area contributed by atoms with E-state index in [1.165, 1.54) is 10.6 Å². The van der Waals surface area contributed by atoms with Gasteiger partial charge in [0.25, 0.3) is 5.56 Å². The molecule has 1 N–H and O–H groups in total. The van der Waals surface area contributed by atoms with E-state index in [0.717, 1.165) is 52.4 Å². The average molecular weight is 455 g/mol. The van der Waals surface area contributed by atoms with Gasteiger partial charge in [-0.2, -0.15) is 11.8 Å². The molecule has 1 aromatic carbocycles. The van der Waals surface area contributed by atoms with Crippen LogP contribution >= 0.6 is 23.4 Å². The van der Waals surface area contributed by atoms with E-state index in [4.69, 9.17) is 11.6 Å². The topological polar surface area (TPSA) is 53.9 Å². The quantitative estimate of drug-likeness (QED) is 0.482. The number of nitrogens with one attached hydrogen (secondary N) is 1. The molecule has 4 aromatic rings. The van der Waals surface area contributed by atoms with Gasteiger partial charge in [0.1, 0.15) is 11.5 Å². The molecule has 31 heavy (non-hydrogen) atoms. The van der Waals surface area contributed by atoms with Crippen LogP contribution in [0.15, 0.2) is 59.8 Å². The lowest BCUT2D eigenvalue weighted by Gasteiger charge is -2.28. The van der Waals surface area contributed by atoms with Crippen LogP contribution in [0.5, 0.6) is 0 Å². The number of rotatable bonds is 4. The molecule has 158 valence electrons. The molecular formula is C23H20ClFN4OS. The second kappa shape index (κ2) is 8.40. The Morgan fingerprint density at radius 1 is 1.19 bits per heavy atom. The molecule has 1 saturated heterocycles. The molecule has 1 aliphatic rings. The fraction of sp³-hybridized carbons (Fsp3) is 0.217. The van der Waals surface area contributed by atoms with Crippen molar-refractivity contribution in [2.75, 3.05) is 29.5 Å². The third-order valence-electron chi connectivity index (χ3n) is 5.57. The lowest BCUT2D eigenvalue weighted by molar-refractivity contribution is 0.597. The fourth-order valence-corrected chi connectivity index (χ4v) is 4.98. The van der Waals surface area contributed by atoms with Crippen molar-refractivity contribution >= 4 is 40.1 Å². The van der Waals surface area contributed by atoms with Gasteiger partial charge in [-0.1, -0.05) is 23.7 Å². The maximum absolute atomic E-state index is 14.2. The molecule has 1 fully saturated rings. The zero-order chi connectivity index (χ0) is 21.4. The molecule has 0 bridgehead atoms. The van der Waals surface area contributed by atoms with E-state index in [9.17, 15) is 9.18 Å². The number of aromatic amines is 1. The molecule has 0 unspecified atom stereocenters. The molecule has 0 atom stereocenters. The van der Waals surface area contributed by atoms with Gasteiger partial charge in [0.15, 0.2) is 0 Å². The largest absolute Gasteiger partial charge is 0.369 e. The second-order valence-corrected chi connectivity index (χ2v) is 9.12. The molecule has 0 amide bonds. The number of aromatic nitrogens is 3. The van der Waals surface area contributed by atoms with Gasteiger partial charge < -0.3 is 14.5 Å². The summed E-state index contributed by atoms with van der Waals surface area (Å²) in [6.07, 6.45) is 5.47. The number of pyridine rings is 2. The number of thioether (sulfide) groups is 1. The summed E-state index contributed by atoms with van der Waals surface area (Å²) in [6, 6.07) is 10.4. The van der Waals surface area contributed by atoms with E-state index < -0.39 is 5.82 Å². The van der Waals surface area contributed by atoms with E-state index in [-0.39, 0.29) is 17.1 Å². The predicted octanol–water partition coefficient (Wildman–Crippen LogP) is 4.79. The minimum absolute atomic E-state index is 0.0524. The monoisotopic (exact) mass is 454 g/mol. The maximum atomic E-state index is 14.2. The number of H-pyrrole nitrogens is 1. The van der Waals surface area contributed by atoms with Crippen molar-refractivity contribution in [2.45, 2.75) is 6.54 Å². The van der Waals surface area contributed by atoms with Gasteiger partial charge in [0.05, 0.1) is 23.5 Å². The Balaban J connectivity index is 1.48. The Bertz CT molecular complexity index is 1310. The molecule has 3 aromatic heterocycles. The molecule has 0 radical (unpaired) electrons. The molecule has 0 spiro atoms. The van der Waals surface area contributed by atoms with Gasteiger partial charge in [-0.05, 0) is 23.8 Å². The van der Waals surface area contributed by atoms with Crippen molar-refractivity contribution < 1.29 is 4.39 Å². The van der Waals surface area contributed by atoms with Crippen LogP contribution < -0.4 is 10.5 Å². The standard InChI is InChI=1S/C23H20ClFN4OS/c24-20-3-1-2-16(22(20)25)14-29-5-4-15(10-21(29)30)19-13-27-23-18(19)11-17(12-26-23)28-6-8-31-9-7-28/h1-5,10-13H,6-9,14H2,(H,26,27). The number of hydrogen-bond acceptors (Lipinski definition) is 4. The molecule has 5 nitrogen and oxygen atoms in total. The van der Waals surface area contributed by atoms with Crippen molar-refractivity contribution in [3.05, 3.63) is 81.7 Å². The average Bonchev–Trinajstić information content (AvgIpc) is 3.22. The van der Waals surface area contributed by atoms with Crippen molar-refractivity contribution in [2.24, 2.45) is 0 Å². The van der Waals surface area contributed by atoms with Crippen LogP contribution in [0.2, 0.25) is 5.02 Å². The normalized spacial score (nSPS) is 14.3. The summed E-state index contributed by atoms with van der Waals surface area (Å²) in [6.45, 7) is 2.14. The number of anilines is 1. The summed E-state index contributed by atoms with van der Waals surface area (Å²) in [7, 11) is 0. The summed E-state index contributed by atoms with van der Waals surface area (Å²) in [4.78, 5) is 22.9. The Labute approximate surface area is 187 Å². The first-order chi connectivity index (χ1) is 15.1. The third kappa shape index (κ3) is 3.95. The van der Waals surface area contributed by atoms with E-state index in [0.29, 0.717) is 5.56 Å². The van der Waals surface area contributed by atoms with Crippen LogP contribution in [0.25, 0.3) is 22.2 Å². The number of benzene rings is 1. The summed E-state index contributed by atoms with van der Waals surface area (Å²) in [5, 5.41) is 1.03. The molecule has 5 rings (SSSR count). The zero-order valence-electron chi connectivity index (χ0n) is 16.6. The Hall–Kier alpha value is -2.77. The minimum Gasteiger partial charge on any atom is -0.369 e. The summed E-state index contributed by atoms with van der Waals surface area (Å²) in [5.41, 5.74) is 3.78. The first kappa shape index (κ1) is 20.2. The Morgan fingerprint density at radius 3 is 2.84 bits per heavy atom. The SMILES string of the molecule is O=c1cc(-c2c[nH]c3ncc(N4CCSCC4)cc23)ccn1Cc1cccc(Cl)c1F. The molecule has 8 heteroatoms. The van der Waals surface area contributed by atoms with Gasteiger partial charge in [-0.25, -0.2) is 9.37 Å². The van der Waals surface area contributed by atoms with E-state index in [1.54, 1.807) is 24.4 Å². The fourth-order valence-electron chi connectivity index (χ4n) is 3.89. The van der Waals surface area contributed by atoms with Gasteiger partial charge in [0, 0.05) is 59.6 Å². The number of fused-ring (bicyclic) bond motifs is 1. The summed E-state index contributed by atoms with van der Waals surface area (Å²) in [5.74, 6) is 1.74. The molecular weight excluding hydrogens is 435 g/mol. The van der Waals surface area contributed by atoms with Crippen LogP contribution in [-0.2, 0) is 6.54 Å². The van der Waals surface area contributed by atoms with E-state index in [2.05, 4.69) is 20.9 Å². The van der Waals surface area contributed by atoms with Crippen molar-refractivity contribution in [1.82, 2.24) is 14.5 Å².